The highest BCUT2D eigenvalue weighted by Gasteiger charge is 2.21. The maximum absolute atomic E-state index is 6.08. The maximum Gasteiger partial charge on any atom is 0.0455 e. The van der Waals surface area contributed by atoms with Gasteiger partial charge in [0.1, 0.15) is 0 Å². The van der Waals surface area contributed by atoms with Crippen LogP contribution in [0.5, 0.6) is 0 Å². The molecular formula is C12H16ClNS. The van der Waals surface area contributed by atoms with Crippen LogP contribution in [0.1, 0.15) is 18.9 Å². The third-order valence-corrected chi connectivity index (χ3v) is 4.59. The fourth-order valence-corrected chi connectivity index (χ4v) is 3.22. The lowest BCUT2D eigenvalue weighted by molar-refractivity contribution is 0.746. The van der Waals surface area contributed by atoms with E-state index in [1.54, 1.807) is 0 Å². The monoisotopic (exact) mass is 241 g/mol. The fraction of sp³-hybridized carbons (Fsp3) is 0.500. The van der Waals surface area contributed by atoms with Gasteiger partial charge in [0.25, 0.3) is 0 Å². The summed E-state index contributed by atoms with van der Waals surface area (Å²) in [6, 6.07) is 6.65. The lowest BCUT2D eigenvalue weighted by atomic mass is 10.1. The highest BCUT2D eigenvalue weighted by atomic mass is 35.5. The van der Waals surface area contributed by atoms with Crippen molar-refractivity contribution in [2.75, 3.05) is 11.1 Å². The van der Waals surface area contributed by atoms with Crippen molar-refractivity contribution in [3.05, 3.63) is 28.8 Å². The van der Waals surface area contributed by atoms with Crippen molar-refractivity contribution in [2.45, 2.75) is 31.6 Å². The van der Waals surface area contributed by atoms with E-state index in [9.17, 15) is 0 Å². The van der Waals surface area contributed by atoms with Gasteiger partial charge in [-0.2, -0.15) is 11.8 Å². The lowest BCUT2D eigenvalue weighted by Gasteiger charge is -2.15. The summed E-state index contributed by atoms with van der Waals surface area (Å²) < 4.78 is 0. The van der Waals surface area contributed by atoms with Crippen LogP contribution in [-0.2, 0) is 0 Å². The Balaban J connectivity index is 2.07. The second-order valence-electron chi connectivity index (χ2n) is 4.13. The summed E-state index contributed by atoms with van der Waals surface area (Å²) in [6.45, 7) is 4.35. The Hall–Kier alpha value is -0.340. The molecule has 1 heterocycles. The summed E-state index contributed by atoms with van der Waals surface area (Å²) >= 11 is 8.12. The Morgan fingerprint density at radius 2 is 2.27 bits per heavy atom. The lowest BCUT2D eigenvalue weighted by Crippen LogP contribution is -2.19. The van der Waals surface area contributed by atoms with Gasteiger partial charge in [0.2, 0.25) is 0 Å². The normalized spacial score (nSPS) is 25.5. The quantitative estimate of drug-likeness (QED) is 0.842. The predicted molar refractivity (Wildman–Crippen MR) is 70.1 cm³/mol. The molecule has 0 saturated carbocycles. The summed E-state index contributed by atoms with van der Waals surface area (Å²) in [6.07, 6.45) is 1.25. The minimum absolute atomic E-state index is 0.599. The molecule has 82 valence electrons. The van der Waals surface area contributed by atoms with Gasteiger partial charge in [-0.15, -0.1) is 0 Å². The van der Waals surface area contributed by atoms with E-state index in [1.807, 2.05) is 23.9 Å². The third kappa shape index (κ3) is 2.61. The first-order valence-electron chi connectivity index (χ1n) is 5.30. The van der Waals surface area contributed by atoms with Crippen LogP contribution < -0.4 is 5.32 Å². The Morgan fingerprint density at radius 3 is 2.93 bits per heavy atom. The van der Waals surface area contributed by atoms with Gasteiger partial charge in [-0.3, -0.25) is 0 Å². The van der Waals surface area contributed by atoms with Crippen molar-refractivity contribution < 1.29 is 0 Å². The van der Waals surface area contributed by atoms with Crippen molar-refractivity contribution >= 4 is 29.1 Å². The second-order valence-corrected chi connectivity index (χ2v) is 6.01. The minimum Gasteiger partial charge on any atom is -0.381 e. The molecule has 1 aliphatic heterocycles. The number of hydrogen-bond acceptors (Lipinski definition) is 2. The summed E-state index contributed by atoms with van der Waals surface area (Å²) in [7, 11) is 0. The molecule has 15 heavy (non-hydrogen) atoms. The number of benzene rings is 1. The molecule has 0 aliphatic carbocycles. The van der Waals surface area contributed by atoms with Crippen LogP contribution in [0.25, 0.3) is 0 Å². The number of nitrogens with one attached hydrogen (secondary N) is 1. The van der Waals surface area contributed by atoms with Crippen LogP contribution in [0.4, 0.5) is 5.69 Å². The SMILES string of the molecule is Cc1c(Cl)cccc1NC1CSC(C)C1. The Morgan fingerprint density at radius 1 is 1.47 bits per heavy atom. The fourth-order valence-electron chi connectivity index (χ4n) is 1.90. The predicted octanol–water partition coefficient (Wildman–Crippen LogP) is 3.95. The number of thioether (sulfide) groups is 1. The van der Waals surface area contributed by atoms with Gasteiger partial charge in [0.15, 0.2) is 0 Å². The standard InChI is InChI=1S/C12H16ClNS/c1-8-6-10(7-15-8)14-12-5-3-4-11(13)9(12)2/h3-5,8,10,14H,6-7H2,1-2H3. The molecule has 2 unspecified atom stereocenters. The molecule has 1 saturated heterocycles. The Labute approximate surface area is 101 Å². The van der Waals surface area contributed by atoms with E-state index in [-0.39, 0.29) is 0 Å². The van der Waals surface area contributed by atoms with Crippen molar-refractivity contribution in [3.8, 4) is 0 Å². The van der Waals surface area contributed by atoms with E-state index in [2.05, 4.69) is 25.2 Å². The van der Waals surface area contributed by atoms with Crippen molar-refractivity contribution in [1.29, 1.82) is 0 Å². The summed E-state index contributed by atoms with van der Waals surface area (Å²) in [5.74, 6) is 1.20. The molecule has 2 rings (SSSR count). The Bertz CT molecular complexity index is 353. The minimum atomic E-state index is 0.599. The van der Waals surface area contributed by atoms with E-state index in [4.69, 9.17) is 11.6 Å². The van der Waals surface area contributed by atoms with Crippen molar-refractivity contribution in [3.63, 3.8) is 0 Å². The molecule has 0 spiro atoms. The van der Waals surface area contributed by atoms with E-state index < -0.39 is 0 Å². The van der Waals surface area contributed by atoms with E-state index >= 15 is 0 Å². The molecule has 1 aromatic carbocycles. The smallest absolute Gasteiger partial charge is 0.0455 e. The van der Waals surface area contributed by atoms with Crippen LogP contribution in [0.3, 0.4) is 0 Å². The van der Waals surface area contributed by atoms with Crippen molar-refractivity contribution in [2.24, 2.45) is 0 Å². The molecule has 1 aromatic rings. The van der Waals surface area contributed by atoms with Crippen LogP contribution >= 0.6 is 23.4 Å². The van der Waals surface area contributed by atoms with Gasteiger partial charge in [0.05, 0.1) is 0 Å². The first kappa shape index (κ1) is 11.2. The molecule has 1 nitrogen and oxygen atoms in total. The zero-order valence-electron chi connectivity index (χ0n) is 9.09. The van der Waals surface area contributed by atoms with Gasteiger partial charge in [-0.05, 0) is 31.0 Å². The van der Waals surface area contributed by atoms with E-state index in [1.165, 1.54) is 17.9 Å². The molecule has 0 amide bonds. The number of halogens is 1. The molecule has 0 bridgehead atoms. The zero-order chi connectivity index (χ0) is 10.8. The van der Waals surface area contributed by atoms with Gasteiger partial charge in [-0.25, -0.2) is 0 Å². The topological polar surface area (TPSA) is 12.0 Å². The van der Waals surface area contributed by atoms with Crippen LogP contribution in [0, 0.1) is 6.92 Å². The number of rotatable bonds is 2. The van der Waals surface area contributed by atoms with Gasteiger partial charge >= 0.3 is 0 Å². The average Bonchev–Trinajstić information content (AvgIpc) is 2.59. The van der Waals surface area contributed by atoms with Crippen LogP contribution in [-0.4, -0.2) is 17.0 Å². The van der Waals surface area contributed by atoms with Gasteiger partial charge in [0, 0.05) is 27.8 Å². The summed E-state index contributed by atoms with van der Waals surface area (Å²) in [5.41, 5.74) is 2.34. The van der Waals surface area contributed by atoms with Crippen molar-refractivity contribution in [1.82, 2.24) is 0 Å². The summed E-state index contributed by atoms with van der Waals surface area (Å²) in [5, 5.41) is 5.20. The van der Waals surface area contributed by atoms with Crippen LogP contribution in [0.2, 0.25) is 5.02 Å². The zero-order valence-corrected chi connectivity index (χ0v) is 10.7. The average molecular weight is 242 g/mol. The number of hydrogen-bond donors (Lipinski definition) is 1. The molecule has 0 radical (unpaired) electrons. The molecule has 2 atom stereocenters. The maximum atomic E-state index is 6.08. The molecule has 1 N–H and O–H groups in total. The number of anilines is 1. The third-order valence-electron chi connectivity index (χ3n) is 2.83. The first-order chi connectivity index (χ1) is 7.16. The summed E-state index contributed by atoms with van der Waals surface area (Å²) in [4.78, 5) is 0. The first-order valence-corrected chi connectivity index (χ1v) is 6.72. The van der Waals surface area contributed by atoms with Gasteiger partial charge < -0.3 is 5.32 Å². The molecule has 1 fully saturated rings. The van der Waals surface area contributed by atoms with E-state index in [0.29, 0.717) is 6.04 Å². The van der Waals surface area contributed by atoms with E-state index in [0.717, 1.165) is 15.8 Å². The Kier molecular flexibility index (Phi) is 3.47. The molecular weight excluding hydrogens is 226 g/mol. The highest BCUT2D eigenvalue weighted by molar-refractivity contribution is 8.00. The molecule has 3 heteroatoms. The van der Waals surface area contributed by atoms with Gasteiger partial charge in [-0.1, -0.05) is 24.6 Å². The highest BCUT2D eigenvalue weighted by Crippen LogP contribution is 2.30. The molecule has 1 aliphatic rings. The largest absolute Gasteiger partial charge is 0.381 e. The second kappa shape index (κ2) is 4.67. The van der Waals surface area contributed by atoms with Crippen LogP contribution in [0.15, 0.2) is 18.2 Å². The molecule has 0 aromatic heterocycles.